The van der Waals surface area contributed by atoms with Gasteiger partial charge in [-0.2, -0.15) is 0 Å². The highest BCUT2D eigenvalue weighted by Crippen LogP contribution is 2.11. The van der Waals surface area contributed by atoms with Crippen LogP contribution in [0.3, 0.4) is 0 Å². The largest absolute Gasteiger partial charge is 0.350 e. The van der Waals surface area contributed by atoms with Crippen molar-refractivity contribution < 1.29 is 4.79 Å². The topological polar surface area (TPSA) is 55.1 Å². The van der Waals surface area contributed by atoms with E-state index < -0.39 is 6.04 Å². The second kappa shape index (κ2) is 7.29. The molecule has 0 bridgehead atoms. The van der Waals surface area contributed by atoms with Crippen LogP contribution in [-0.2, 0) is 11.2 Å². The summed E-state index contributed by atoms with van der Waals surface area (Å²) in [6, 6.07) is 9.69. The smallest absolute Gasteiger partial charge is 0.237 e. The van der Waals surface area contributed by atoms with Crippen LogP contribution in [0, 0.1) is 0 Å². The van der Waals surface area contributed by atoms with Gasteiger partial charge in [0.2, 0.25) is 5.91 Å². The maximum absolute atomic E-state index is 12.0. The van der Waals surface area contributed by atoms with Gasteiger partial charge in [0.25, 0.3) is 0 Å². The van der Waals surface area contributed by atoms with Crippen LogP contribution < -0.4 is 11.1 Å². The number of nitrogens with one attached hydrogen (secondary N) is 1. The summed E-state index contributed by atoms with van der Waals surface area (Å²) in [6.45, 7) is 6.19. The summed E-state index contributed by atoms with van der Waals surface area (Å²) in [5.74, 6) is -0.0469. The highest BCUT2D eigenvalue weighted by atomic mass is 16.2. The molecule has 0 fully saturated rings. The van der Waals surface area contributed by atoms with Gasteiger partial charge in [-0.05, 0) is 38.7 Å². The van der Waals surface area contributed by atoms with Crippen LogP contribution in [-0.4, -0.2) is 17.5 Å². The van der Waals surface area contributed by atoms with E-state index >= 15 is 0 Å². The lowest BCUT2D eigenvalue weighted by atomic mass is 9.97. The summed E-state index contributed by atoms with van der Waals surface area (Å²) in [5.41, 5.74) is 7.01. The zero-order chi connectivity index (χ0) is 14.3. The third-order valence-corrected chi connectivity index (χ3v) is 3.26. The minimum atomic E-state index is -0.434. The minimum Gasteiger partial charge on any atom is -0.350 e. The molecule has 0 aromatic heterocycles. The van der Waals surface area contributed by atoms with Gasteiger partial charge in [-0.3, -0.25) is 4.79 Å². The van der Waals surface area contributed by atoms with Gasteiger partial charge in [-0.15, -0.1) is 0 Å². The number of benzene rings is 1. The van der Waals surface area contributed by atoms with Crippen molar-refractivity contribution in [3.63, 3.8) is 0 Å². The molecule has 0 spiro atoms. The summed E-state index contributed by atoms with van der Waals surface area (Å²) in [4.78, 5) is 12.0. The molecule has 0 aliphatic carbocycles. The first-order valence-corrected chi connectivity index (χ1v) is 7.06. The first-order valence-electron chi connectivity index (χ1n) is 7.06. The Balaban J connectivity index is 2.41. The average molecular weight is 262 g/mol. The van der Waals surface area contributed by atoms with E-state index in [1.807, 2.05) is 32.0 Å². The molecule has 0 aliphatic rings. The first-order chi connectivity index (χ1) is 8.94. The van der Waals surface area contributed by atoms with Crippen molar-refractivity contribution in [3.05, 3.63) is 35.9 Å². The molecular weight excluding hydrogens is 236 g/mol. The highest BCUT2D eigenvalue weighted by molar-refractivity contribution is 5.82. The molecule has 0 saturated carbocycles. The third kappa shape index (κ3) is 5.88. The van der Waals surface area contributed by atoms with E-state index in [-0.39, 0.29) is 11.4 Å². The number of hydrogen-bond acceptors (Lipinski definition) is 2. The van der Waals surface area contributed by atoms with Gasteiger partial charge in [0.1, 0.15) is 0 Å². The van der Waals surface area contributed by atoms with Gasteiger partial charge in [-0.25, -0.2) is 0 Å². The SMILES string of the molecule is CCCC(C)(C)NC(=O)[C@@H](N)CCc1ccccc1. The lowest BCUT2D eigenvalue weighted by molar-refractivity contribution is -0.124. The first kappa shape index (κ1) is 15.7. The van der Waals surface area contributed by atoms with Crippen molar-refractivity contribution in [1.82, 2.24) is 5.32 Å². The fraction of sp³-hybridized carbons (Fsp3) is 0.562. The maximum atomic E-state index is 12.0. The maximum Gasteiger partial charge on any atom is 0.237 e. The molecule has 3 N–H and O–H groups in total. The van der Waals surface area contributed by atoms with Gasteiger partial charge < -0.3 is 11.1 Å². The zero-order valence-electron chi connectivity index (χ0n) is 12.3. The third-order valence-electron chi connectivity index (χ3n) is 3.26. The molecule has 1 aromatic carbocycles. The molecule has 19 heavy (non-hydrogen) atoms. The standard InChI is InChI=1S/C16H26N2O/c1-4-12-16(2,3)18-15(19)14(17)11-10-13-8-6-5-7-9-13/h5-9,14H,4,10-12,17H2,1-3H3,(H,18,19)/t14-/m0/s1. The van der Waals surface area contributed by atoms with E-state index in [1.165, 1.54) is 5.56 Å². The van der Waals surface area contributed by atoms with Gasteiger partial charge in [0.15, 0.2) is 0 Å². The van der Waals surface area contributed by atoms with Crippen LogP contribution in [0.4, 0.5) is 0 Å². The molecule has 1 aromatic rings. The van der Waals surface area contributed by atoms with Crippen LogP contribution >= 0.6 is 0 Å². The van der Waals surface area contributed by atoms with Crippen molar-refractivity contribution in [2.45, 2.75) is 58.0 Å². The molecule has 0 unspecified atom stereocenters. The summed E-state index contributed by atoms with van der Waals surface area (Å²) < 4.78 is 0. The van der Waals surface area contributed by atoms with E-state index in [0.717, 1.165) is 19.3 Å². The molecule has 0 saturated heterocycles. The fourth-order valence-electron chi connectivity index (χ4n) is 2.21. The normalized spacial score (nSPS) is 13.1. The number of hydrogen-bond donors (Lipinski definition) is 2. The molecule has 1 rings (SSSR count). The second-order valence-corrected chi connectivity index (χ2v) is 5.75. The van der Waals surface area contributed by atoms with E-state index in [2.05, 4.69) is 24.4 Å². The number of nitrogens with two attached hydrogens (primary N) is 1. The Morgan fingerprint density at radius 3 is 2.53 bits per heavy atom. The zero-order valence-corrected chi connectivity index (χ0v) is 12.3. The van der Waals surface area contributed by atoms with E-state index in [0.29, 0.717) is 6.42 Å². The Morgan fingerprint density at radius 1 is 1.32 bits per heavy atom. The quantitative estimate of drug-likeness (QED) is 0.793. The molecule has 0 heterocycles. The molecule has 3 nitrogen and oxygen atoms in total. The van der Waals surface area contributed by atoms with Gasteiger partial charge in [-0.1, -0.05) is 43.7 Å². The Morgan fingerprint density at radius 2 is 1.95 bits per heavy atom. The number of carbonyl (C=O) groups excluding carboxylic acids is 1. The van der Waals surface area contributed by atoms with Crippen molar-refractivity contribution in [2.75, 3.05) is 0 Å². The molecule has 1 atom stereocenters. The van der Waals surface area contributed by atoms with Crippen LogP contribution in [0.25, 0.3) is 0 Å². The van der Waals surface area contributed by atoms with E-state index in [4.69, 9.17) is 5.73 Å². The lowest BCUT2D eigenvalue weighted by Crippen LogP contribution is -2.50. The van der Waals surface area contributed by atoms with Crippen LogP contribution in [0.2, 0.25) is 0 Å². The fourth-order valence-corrected chi connectivity index (χ4v) is 2.21. The van der Waals surface area contributed by atoms with Crippen molar-refractivity contribution >= 4 is 5.91 Å². The monoisotopic (exact) mass is 262 g/mol. The van der Waals surface area contributed by atoms with Crippen LogP contribution in [0.1, 0.15) is 45.6 Å². The average Bonchev–Trinajstić information content (AvgIpc) is 2.36. The van der Waals surface area contributed by atoms with Crippen molar-refractivity contribution in [1.29, 1.82) is 0 Å². The molecule has 1 amide bonds. The van der Waals surface area contributed by atoms with Crippen LogP contribution in [0.15, 0.2) is 30.3 Å². The Kier molecular flexibility index (Phi) is 6.03. The van der Waals surface area contributed by atoms with Gasteiger partial charge >= 0.3 is 0 Å². The number of aryl methyl sites for hydroxylation is 1. The summed E-state index contributed by atoms with van der Waals surface area (Å²) in [7, 11) is 0. The van der Waals surface area contributed by atoms with Gasteiger partial charge in [0.05, 0.1) is 6.04 Å². The Bertz CT molecular complexity index is 387. The number of carbonyl (C=O) groups is 1. The van der Waals surface area contributed by atoms with Crippen molar-refractivity contribution in [2.24, 2.45) is 5.73 Å². The molecule has 106 valence electrons. The summed E-state index contributed by atoms with van der Waals surface area (Å²) in [6.07, 6.45) is 3.53. The molecule has 0 aliphatic heterocycles. The molecular formula is C16H26N2O. The van der Waals surface area contributed by atoms with Crippen molar-refractivity contribution in [3.8, 4) is 0 Å². The number of rotatable bonds is 7. The van der Waals surface area contributed by atoms with Crippen LogP contribution in [0.5, 0.6) is 0 Å². The predicted octanol–water partition coefficient (Wildman–Crippen LogP) is 2.64. The number of amides is 1. The predicted molar refractivity (Wildman–Crippen MR) is 79.9 cm³/mol. The van der Waals surface area contributed by atoms with E-state index in [1.54, 1.807) is 0 Å². The molecule has 3 heteroatoms. The Hall–Kier alpha value is -1.35. The lowest BCUT2D eigenvalue weighted by Gasteiger charge is -2.27. The second-order valence-electron chi connectivity index (χ2n) is 5.75. The highest BCUT2D eigenvalue weighted by Gasteiger charge is 2.22. The van der Waals surface area contributed by atoms with E-state index in [9.17, 15) is 4.79 Å². The summed E-state index contributed by atoms with van der Waals surface area (Å²) >= 11 is 0. The van der Waals surface area contributed by atoms with Gasteiger partial charge in [0, 0.05) is 5.54 Å². The minimum absolute atomic E-state index is 0.0469. The summed E-state index contributed by atoms with van der Waals surface area (Å²) in [5, 5.41) is 3.03. The Labute approximate surface area is 116 Å². The molecule has 0 radical (unpaired) electrons.